The van der Waals surface area contributed by atoms with Crippen LogP contribution in [0.5, 0.6) is 0 Å². The number of unbranched alkanes of at least 4 members (excludes halogenated alkanes) is 1. The molecule has 0 amide bonds. The van der Waals surface area contributed by atoms with Crippen LogP contribution in [-0.4, -0.2) is 42.5 Å². The van der Waals surface area contributed by atoms with E-state index in [0.717, 1.165) is 44.2 Å². The number of nitrogens with one attached hydrogen (secondary N) is 2. The topological polar surface area (TPSA) is 63.5 Å². The highest BCUT2D eigenvalue weighted by atomic mass is 16.5. The van der Waals surface area contributed by atoms with Crippen molar-refractivity contribution in [1.82, 2.24) is 20.4 Å². The van der Waals surface area contributed by atoms with E-state index in [0.29, 0.717) is 6.54 Å². The fraction of sp³-hybridized carbons (Fsp3) is 0.474. The molecular formula is C19H29N5O. The summed E-state index contributed by atoms with van der Waals surface area (Å²) < 4.78 is 7.42. The lowest BCUT2D eigenvalue weighted by Crippen LogP contribution is -2.37. The van der Waals surface area contributed by atoms with Gasteiger partial charge in [-0.1, -0.05) is 25.5 Å². The maximum absolute atomic E-state index is 5.56. The lowest BCUT2D eigenvalue weighted by atomic mass is 10.2. The SMILES string of the molecule is CCCCOCCCNC(=NC)NCc1cccc(-n2cccn2)c1. The number of rotatable bonds is 10. The molecule has 0 aliphatic carbocycles. The van der Waals surface area contributed by atoms with E-state index in [1.807, 2.05) is 29.1 Å². The van der Waals surface area contributed by atoms with Crippen LogP contribution < -0.4 is 10.6 Å². The normalized spacial score (nSPS) is 11.5. The average Bonchev–Trinajstić information content (AvgIpc) is 3.18. The van der Waals surface area contributed by atoms with Crippen molar-refractivity contribution in [2.45, 2.75) is 32.7 Å². The zero-order chi connectivity index (χ0) is 17.7. The van der Waals surface area contributed by atoms with E-state index in [2.05, 4.69) is 39.8 Å². The number of aromatic nitrogens is 2. The highest BCUT2D eigenvalue weighted by Gasteiger charge is 2.01. The number of guanidine groups is 1. The molecule has 2 aromatic rings. The largest absolute Gasteiger partial charge is 0.381 e. The van der Waals surface area contributed by atoms with Crippen LogP contribution in [0.1, 0.15) is 31.7 Å². The second-order valence-electron chi connectivity index (χ2n) is 5.79. The molecule has 2 rings (SSSR count). The van der Waals surface area contributed by atoms with Crippen LogP contribution in [0.25, 0.3) is 5.69 Å². The Morgan fingerprint density at radius 2 is 2.08 bits per heavy atom. The minimum Gasteiger partial charge on any atom is -0.381 e. The number of nitrogens with zero attached hydrogens (tertiary/aromatic N) is 3. The van der Waals surface area contributed by atoms with Gasteiger partial charge in [-0.2, -0.15) is 5.10 Å². The molecule has 1 heterocycles. The minimum absolute atomic E-state index is 0.710. The van der Waals surface area contributed by atoms with Gasteiger partial charge in [-0.15, -0.1) is 0 Å². The van der Waals surface area contributed by atoms with E-state index in [1.54, 1.807) is 13.2 Å². The summed E-state index contributed by atoms with van der Waals surface area (Å²) in [7, 11) is 1.78. The lowest BCUT2D eigenvalue weighted by Gasteiger charge is -2.12. The van der Waals surface area contributed by atoms with Crippen LogP contribution in [0.3, 0.4) is 0 Å². The molecule has 0 atom stereocenters. The van der Waals surface area contributed by atoms with Crippen LogP contribution in [0.15, 0.2) is 47.7 Å². The monoisotopic (exact) mass is 343 g/mol. The molecule has 6 heteroatoms. The predicted molar refractivity (Wildman–Crippen MR) is 102 cm³/mol. The Balaban J connectivity index is 1.71. The molecule has 0 radical (unpaired) electrons. The van der Waals surface area contributed by atoms with Crippen LogP contribution >= 0.6 is 0 Å². The van der Waals surface area contributed by atoms with Gasteiger partial charge in [0.1, 0.15) is 0 Å². The van der Waals surface area contributed by atoms with Crippen molar-refractivity contribution < 1.29 is 4.74 Å². The molecule has 0 saturated heterocycles. The second kappa shape index (κ2) is 11.3. The Hall–Kier alpha value is -2.34. The van der Waals surface area contributed by atoms with Crippen molar-refractivity contribution >= 4 is 5.96 Å². The number of ether oxygens (including phenoxy) is 1. The third-order valence-corrected chi connectivity index (χ3v) is 3.76. The number of benzene rings is 1. The van der Waals surface area contributed by atoms with E-state index < -0.39 is 0 Å². The first-order chi connectivity index (χ1) is 12.3. The Labute approximate surface area is 150 Å². The lowest BCUT2D eigenvalue weighted by molar-refractivity contribution is 0.129. The van der Waals surface area contributed by atoms with Gasteiger partial charge in [0.2, 0.25) is 0 Å². The summed E-state index contributed by atoms with van der Waals surface area (Å²) in [5.74, 6) is 0.804. The molecule has 6 nitrogen and oxygen atoms in total. The van der Waals surface area contributed by atoms with E-state index in [-0.39, 0.29) is 0 Å². The molecule has 0 spiro atoms. The van der Waals surface area contributed by atoms with Crippen LogP contribution in [0, 0.1) is 0 Å². The first-order valence-electron chi connectivity index (χ1n) is 8.94. The molecule has 136 valence electrons. The minimum atomic E-state index is 0.710. The zero-order valence-electron chi connectivity index (χ0n) is 15.2. The summed E-state index contributed by atoms with van der Waals surface area (Å²) >= 11 is 0. The highest BCUT2D eigenvalue weighted by Crippen LogP contribution is 2.09. The van der Waals surface area contributed by atoms with Crippen LogP contribution in [0.2, 0.25) is 0 Å². The molecule has 0 aliphatic heterocycles. The molecule has 0 unspecified atom stereocenters. The number of aliphatic imine (C=N–C) groups is 1. The highest BCUT2D eigenvalue weighted by molar-refractivity contribution is 5.79. The Morgan fingerprint density at radius 1 is 1.20 bits per heavy atom. The molecule has 0 fully saturated rings. The molecule has 0 aliphatic rings. The van der Waals surface area contributed by atoms with Crippen molar-refractivity contribution in [2.24, 2.45) is 4.99 Å². The van der Waals surface area contributed by atoms with E-state index >= 15 is 0 Å². The summed E-state index contributed by atoms with van der Waals surface area (Å²) in [6.07, 6.45) is 7.00. The smallest absolute Gasteiger partial charge is 0.191 e. The van der Waals surface area contributed by atoms with E-state index in [9.17, 15) is 0 Å². The van der Waals surface area contributed by atoms with Crippen molar-refractivity contribution in [1.29, 1.82) is 0 Å². The quantitative estimate of drug-likeness (QED) is 0.396. The van der Waals surface area contributed by atoms with Crippen molar-refractivity contribution in [3.8, 4) is 5.69 Å². The van der Waals surface area contributed by atoms with Gasteiger partial charge in [0, 0.05) is 45.7 Å². The van der Waals surface area contributed by atoms with Gasteiger partial charge >= 0.3 is 0 Å². The maximum Gasteiger partial charge on any atom is 0.191 e. The third kappa shape index (κ3) is 6.97. The number of hydrogen-bond acceptors (Lipinski definition) is 3. The zero-order valence-corrected chi connectivity index (χ0v) is 15.2. The van der Waals surface area contributed by atoms with Gasteiger partial charge in [0.05, 0.1) is 5.69 Å². The predicted octanol–water partition coefficient (Wildman–Crippen LogP) is 2.74. The molecule has 1 aromatic heterocycles. The fourth-order valence-electron chi connectivity index (χ4n) is 2.37. The molecule has 0 saturated carbocycles. The Kier molecular flexibility index (Phi) is 8.55. The van der Waals surface area contributed by atoms with Crippen LogP contribution in [-0.2, 0) is 11.3 Å². The Morgan fingerprint density at radius 3 is 2.84 bits per heavy atom. The molecular weight excluding hydrogens is 314 g/mol. The van der Waals surface area contributed by atoms with E-state index in [4.69, 9.17) is 4.74 Å². The van der Waals surface area contributed by atoms with Gasteiger partial charge in [0.25, 0.3) is 0 Å². The van der Waals surface area contributed by atoms with Gasteiger partial charge in [-0.3, -0.25) is 4.99 Å². The van der Waals surface area contributed by atoms with Gasteiger partial charge < -0.3 is 15.4 Å². The van der Waals surface area contributed by atoms with Gasteiger partial charge in [-0.05, 0) is 36.6 Å². The Bertz CT molecular complexity index is 625. The van der Waals surface area contributed by atoms with E-state index in [1.165, 1.54) is 12.0 Å². The summed E-state index contributed by atoms with van der Waals surface area (Å²) in [6.45, 7) is 5.37. The fourth-order valence-corrected chi connectivity index (χ4v) is 2.37. The molecule has 25 heavy (non-hydrogen) atoms. The summed E-state index contributed by atoms with van der Waals surface area (Å²) in [4.78, 5) is 4.26. The summed E-state index contributed by atoms with van der Waals surface area (Å²) in [5, 5.41) is 10.9. The average molecular weight is 343 g/mol. The third-order valence-electron chi connectivity index (χ3n) is 3.76. The molecule has 1 aromatic carbocycles. The maximum atomic E-state index is 5.56. The standard InChI is InChI=1S/C19H29N5O/c1-3-4-13-25-14-7-10-21-19(20-2)22-16-17-8-5-9-18(15-17)24-12-6-11-23-24/h5-6,8-9,11-12,15H,3-4,7,10,13-14,16H2,1-2H3,(H2,20,21,22). The first-order valence-corrected chi connectivity index (χ1v) is 8.94. The molecule has 0 bridgehead atoms. The van der Waals surface area contributed by atoms with Crippen molar-refractivity contribution in [3.63, 3.8) is 0 Å². The first kappa shape index (κ1) is 19.0. The summed E-state index contributed by atoms with van der Waals surface area (Å²) in [6, 6.07) is 10.2. The van der Waals surface area contributed by atoms with Crippen molar-refractivity contribution in [3.05, 3.63) is 48.3 Å². The van der Waals surface area contributed by atoms with Gasteiger partial charge in [-0.25, -0.2) is 4.68 Å². The number of hydrogen-bond donors (Lipinski definition) is 2. The second-order valence-corrected chi connectivity index (χ2v) is 5.79. The van der Waals surface area contributed by atoms with Crippen molar-refractivity contribution in [2.75, 3.05) is 26.8 Å². The summed E-state index contributed by atoms with van der Waals surface area (Å²) in [5.41, 5.74) is 2.23. The molecule has 2 N–H and O–H groups in total. The van der Waals surface area contributed by atoms with Gasteiger partial charge in [0.15, 0.2) is 5.96 Å². The van der Waals surface area contributed by atoms with Crippen LogP contribution in [0.4, 0.5) is 0 Å².